The molecule has 0 spiro atoms. The molecule has 0 saturated heterocycles. The van der Waals surface area contributed by atoms with Gasteiger partial charge in [-0.25, -0.2) is 9.97 Å². The van der Waals surface area contributed by atoms with Crippen molar-refractivity contribution in [1.29, 1.82) is 5.26 Å². The van der Waals surface area contributed by atoms with Gasteiger partial charge < -0.3 is 0 Å². The molecule has 0 aliphatic rings. The standard InChI is InChI=1S/C13H7N3/c14-7-12-4-1-11(2-5-12)3-6-13-8-15-10-16-9-13/h1-2,4-5,8-10H. The average molecular weight is 205 g/mol. The molecule has 0 fully saturated rings. The fourth-order valence-electron chi connectivity index (χ4n) is 1.14. The third-order valence-corrected chi connectivity index (χ3v) is 1.93. The van der Waals surface area contributed by atoms with Gasteiger partial charge in [-0.1, -0.05) is 11.8 Å². The number of aromatic nitrogens is 2. The molecule has 0 amide bonds. The Hall–Kier alpha value is -2.65. The Balaban J connectivity index is 2.22. The van der Waals surface area contributed by atoms with Gasteiger partial charge >= 0.3 is 0 Å². The Morgan fingerprint density at radius 3 is 2.00 bits per heavy atom. The van der Waals surface area contributed by atoms with Crippen LogP contribution in [0.15, 0.2) is 43.0 Å². The van der Waals surface area contributed by atoms with E-state index in [0.29, 0.717) is 5.56 Å². The summed E-state index contributed by atoms with van der Waals surface area (Å²) in [4.78, 5) is 7.74. The van der Waals surface area contributed by atoms with E-state index in [4.69, 9.17) is 5.26 Å². The van der Waals surface area contributed by atoms with Gasteiger partial charge in [-0.3, -0.25) is 0 Å². The SMILES string of the molecule is N#Cc1ccc(C#Cc2cncnc2)cc1. The lowest BCUT2D eigenvalue weighted by Gasteiger charge is -1.90. The molecule has 2 aromatic rings. The van der Waals surface area contributed by atoms with Crippen molar-refractivity contribution in [2.75, 3.05) is 0 Å². The summed E-state index contributed by atoms with van der Waals surface area (Å²) < 4.78 is 0. The molecule has 3 nitrogen and oxygen atoms in total. The molecule has 0 radical (unpaired) electrons. The molecular weight excluding hydrogens is 198 g/mol. The average Bonchev–Trinajstić information content (AvgIpc) is 2.38. The van der Waals surface area contributed by atoms with Crippen molar-refractivity contribution < 1.29 is 0 Å². The van der Waals surface area contributed by atoms with E-state index in [1.165, 1.54) is 6.33 Å². The monoisotopic (exact) mass is 205 g/mol. The Kier molecular flexibility index (Phi) is 2.92. The van der Waals surface area contributed by atoms with Crippen LogP contribution in [0.1, 0.15) is 16.7 Å². The van der Waals surface area contributed by atoms with Crippen LogP contribution >= 0.6 is 0 Å². The lowest BCUT2D eigenvalue weighted by Crippen LogP contribution is -1.80. The van der Waals surface area contributed by atoms with Crippen molar-refractivity contribution in [2.24, 2.45) is 0 Å². The maximum Gasteiger partial charge on any atom is 0.115 e. The number of hydrogen-bond acceptors (Lipinski definition) is 3. The summed E-state index contributed by atoms with van der Waals surface area (Å²) in [6, 6.07) is 9.17. The van der Waals surface area contributed by atoms with Crippen LogP contribution in [0.2, 0.25) is 0 Å². The second-order valence-corrected chi connectivity index (χ2v) is 3.07. The number of rotatable bonds is 0. The first kappa shape index (κ1) is 9.89. The Labute approximate surface area is 93.4 Å². The molecule has 16 heavy (non-hydrogen) atoms. The van der Waals surface area contributed by atoms with Crippen LogP contribution < -0.4 is 0 Å². The van der Waals surface area contributed by atoms with E-state index < -0.39 is 0 Å². The van der Waals surface area contributed by atoms with Crippen LogP contribution in [0.5, 0.6) is 0 Å². The molecule has 2 rings (SSSR count). The Bertz CT molecular complexity index is 569. The van der Waals surface area contributed by atoms with Gasteiger partial charge in [-0.2, -0.15) is 5.26 Å². The quantitative estimate of drug-likeness (QED) is 0.615. The van der Waals surface area contributed by atoms with Crippen LogP contribution in [0, 0.1) is 23.2 Å². The smallest absolute Gasteiger partial charge is 0.115 e. The van der Waals surface area contributed by atoms with Crippen LogP contribution in [0.3, 0.4) is 0 Å². The van der Waals surface area contributed by atoms with E-state index in [1.54, 1.807) is 24.5 Å². The highest BCUT2D eigenvalue weighted by Gasteiger charge is 1.89. The lowest BCUT2D eigenvalue weighted by atomic mass is 10.1. The minimum absolute atomic E-state index is 0.633. The van der Waals surface area contributed by atoms with Gasteiger partial charge in [0.2, 0.25) is 0 Å². The molecule has 1 heterocycles. The second-order valence-electron chi connectivity index (χ2n) is 3.07. The molecule has 0 aliphatic heterocycles. The van der Waals surface area contributed by atoms with E-state index in [-0.39, 0.29) is 0 Å². The van der Waals surface area contributed by atoms with Gasteiger partial charge in [-0.15, -0.1) is 0 Å². The molecule has 1 aromatic heterocycles. The number of nitrogens with zero attached hydrogens (tertiary/aromatic N) is 3. The summed E-state index contributed by atoms with van der Waals surface area (Å²) in [6.07, 6.45) is 4.78. The van der Waals surface area contributed by atoms with Crippen molar-refractivity contribution in [3.63, 3.8) is 0 Å². The van der Waals surface area contributed by atoms with Gasteiger partial charge in [0, 0.05) is 18.0 Å². The van der Waals surface area contributed by atoms with Crippen LogP contribution in [0.4, 0.5) is 0 Å². The van der Waals surface area contributed by atoms with Gasteiger partial charge in [0.1, 0.15) is 6.33 Å². The molecule has 0 aliphatic carbocycles. The van der Waals surface area contributed by atoms with Crippen molar-refractivity contribution in [2.45, 2.75) is 0 Å². The molecule has 0 atom stereocenters. The van der Waals surface area contributed by atoms with Crippen molar-refractivity contribution >= 4 is 0 Å². The lowest BCUT2D eigenvalue weighted by molar-refractivity contribution is 1.16. The number of benzene rings is 1. The number of nitriles is 1. The molecule has 3 heteroatoms. The third-order valence-electron chi connectivity index (χ3n) is 1.93. The Morgan fingerprint density at radius 1 is 0.812 bits per heavy atom. The molecule has 0 saturated carbocycles. The number of hydrogen-bond donors (Lipinski definition) is 0. The fourth-order valence-corrected chi connectivity index (χ4v) is 1.14. The Morgan fingerprint density at radius 2 is 1.38 bits per heavy atom. The third kappa shape index (κ3) is 2.43. The van der Waals surface area contributed by atoms with Crippen LogP contribution in [-0.2, 0) is 0 Å². The highest BCUT2D eigenvalue weighted by molar-refractivity contribution is 5.43. The molecule has 74 valence electrons. The van der Waals surface area contributed by atoms with Crippen LogP contribution in [0.25, 0.3) is 0 Å². The first-order valence-corrected chi connectivity index (χ1v) is 4.66. The summed E-state index contributed by atoms with van der Waals surface area (Å²) in [5, 5.41) is 8.63. The van der Waals surface area contributed by atoms with Crippen molar-refractivity contribution in [3.8, 4) is 17.9 Å². The van der Waals surface area contributed by atoms with E-state index in [2.05, 4.69) is 27.9 Å². The zero-order chi connectivity index (χ0) is 11.2. The van der Waals surface area contributed by atoms with E-state index in [9.17, 15) is 0 Å². The first-order chi connectivity index (χ1) is 7.88. The molecule has 1 aromatic carbocycles. The topological polar surface area (TPSA) is 49.6 Å². The molecule has 0 N–H and O–H groups in total. The van der Waals surface area contributed by atoms with E-state index in [1.807, 2.05) is 12.1 Å². The minimum atomic E-state index is 0.633. The summed E-state index contributed by atoms with van der Waals surface area (Å²) >= 11 is 0. The summed E-state index contributed by atoms with van der Waals surface area (Å²) in [6.45, 7) is 0. The molecular formula is C13H7N3. The molecule has 0 bridgehead atoms. The van der Waals surface area contributed by atoms with Gasteiger partial charge in [0.05, 0.1) is 17.2 Å². The summed E-state index contributed by atoms with van der Waals surface area (Å²) in [5.74, 6) is 5.91. The second kappa shape index (κ2) is 4.72. The fraction of sp³-hybridized carbons (Fsp3) is 0. The predicted octanol–water partition coefficient (Wildman–Crippen LogP) is 1.75. The van der Waals surface area contributed by atoms with Crippen LogP contribution in [-0.4, -0.2) is 9.97 Å². The normalized spacial score (nSPS) is 8.69. The van der Waals surface area contributed by atoms with E-state index >= 15 is 0 Å². The predicted molar refractivity (Wildman–Crippen MR) is 59.2 cm³/mol. The van der Waals surface area contributed by atoms with Gasteiger partial charge in [0.25, 0.3) is 0 Å². The summed E-state index contributed by atoms with van der Waals surface area (Å²) in [7, 11) is 0. The maximum atomic E-state index is 8.63. The maximum absolute atomic E-state index is 8.63. The zero-order valence-electron chi connectivity index (χ0n) is 8.38. The first-order valence-electron chi connectivity index (χ1n) is 4.66. The minimum Gasteiger partial charge on any atom is -0.244 e. The molecule has 0 unspecified atom stereocenters. The van der Waals surface area contributed by atoms with E-state index in [0.717, 1.165) is 11.1 Å². The highest BCUT2D eigenvalue weighted by atomic mass is 14.8. The van der Waals surface area contributed by atoms with Gasteiger partial charge in [0.15, 0.2) is 0 Å². The zero-order valence-corrected chi connectivity index (χ0v) is 8.38. The van der Waals surface area contributed by atoms with Crippen molar-refractivity contribution in [3.05, 3.63) is 59.7 Å². The van der Waals surface area contributed by atoms with Crippen molar-refractivity contribution in [1.82, 2.24) is 9.97 Å². The van der Waals surface area contributed by atoms with Gasteiger partial charge in [-0.05, 0) is 24.3 Å². The largest absolute Gasteiger partial charge is 0.244 e. The summed E-state index contributed by atoms with van der Waals surface area (Å²) in [5.41, 5.74) is 2.27. The highest BCUT2D eigenvalue weighted by Crippen LogP contribution is 2.01.